The van der Waals surface area contributed by atoms with Gasteiger partial charge in [0.2, 0.25) is 0 Å². The fourth-order valence-corrected chi connectivity index (χ4v) is 1.15. The molecule has 0 aliphatic heterocycles. The maximum Gasteiger partial charge on any atom is 0.104 e. The van der Waals surface area contributed by atoms with Crippen LogP contribution in [0.5, 0.6) is 0 Å². The monoisotopic (exact) mass is 209 g/mol. The molecule has 1 aromatic carbocycles. The predicted octanol–water partition coefficient (Wildman–Crippen LogP) is 1.92. The van der Waals surface area contributed by atoms with Crippen LogP contribution in [-0.4, -0.2) is 17.7 Å². The summed E-state index contributed by atoms with van der Waals surface area (Å²) in [7, 11) is 0. The molecule has 2 nitrogen and oxygen atoms in total. The molecular formula is C11H15NOS. The van der Waals surface area contributed by atoms with Gasteiger partial charge in [0, 0.05) is 0 Å². The van der Waals surface area contributed by atoms with E-state index >= 15 is 0 Å². The number of nitrogens with two attached hydrogens (primary N) is 1. The quantitative estimate of drug-likeness (QED) is 0.752. The summed E-state index contributed by atoms with van der Waals surface area (Å²) in [6, 6.07) is 10.2. The van der Waals surface area contributed by atoms with E-state index in [-0.39, 0.29) is 6.10 Å². The van der Waals surface area contributed by atoms with Crippen LogP contribution in [-0.2, 0) is 11.2 Å². The Kier molecular flexibility index (Phi) is 4.56. The minimum absolute atomic E-state index is 0.131. The molecule has 14 heavy (non-hydrogen) atoms. The lowest BCUT2D eigenvalue weighted by Crippen LogP contribution is -2.27. The molecule has 0 aromatic heterocycles. The summed E-state index contributed by atoms with van der Waals surface area (Å²) in [4.78, 5) is 0.415. The van der Waals surface area contributed by atoms with Gasteiger partial charge in [-0.25, -0.2) is 0 Å². The van der Waals surface area contributed by atoms with Gasteiger partial charge in [0.05, 0.1) is 6.61 Å². The zero-order valence-corrected chi connectivity index (χ0v) is 9.09. The normalized spacial score (nSPS) is 12.4. The molecule has 76 valence electrons. The van der Waals surface area contributed by atoms with E-state index in [0.29, 0.717) is 11.6 Å². The highest BCUT2D eigenvalue weighted by Gasteiger charge is 2.03. The second-order valence-corrected chi connectivity index (χ2v) is 3.62. The predicted molar refractivity (Wildman–Crippen MR) is 62.3 cm³/mol. The SMILES string of the molecule is CC(OCCc1ccccc1)C(N)=S. The molecule has 0 aliphatic rings. The fourth-order valence-electron chi connectivity index (χ4n) is 1.08. The van der Waals surface area contributed by atoms with E-state index < -0.39 is 0 Å². The molecule has 0 heterocycles. The average Bonchev–Trinajstić information content (AvgIpc) is 2.19. The van der Waals surface area contributed by atoms with E-state index in [1.807, 2.05) is 25.1 Å². The van der Waals surface area contributed by atoms with Crippen molar-refractivity contribution in [3.8, 4) is 0 Å². The molecule has 1 atom stereocenters. The Labute approximate surface area is 90.1 Å². The molecule has 0 radical (unpaired) electrons. The summed E-state index contributed by atoms with van der Waals surface area (Å²) >= 11 is 4.80. The van der Waals surface area contributed by atoms with E-state index in [4.69, 9.17) is 22.7 Å². The lowest BCUT2D eigenvalue weighted by atomic mass is 10.2. The Morgan fingerprint density at radius 3 is 2.64 bits per heavy atom. The van der Waals surface area contributed by atoms with Crippen molar-refractivity contribution in [2.75, 3.05) is 6.61 Å². The summed E-state index contributed by atoms with van der Waals surface area (Å²) in [5, 5.41) is 0. The maximum absolute atomic E-state index is 5.44. The van der Waals surface area contributed by atoms with Crippen molar-refractivity contribution < 1.29 is 4.74 Å². The molecule has 0 amide bonds. The zero-order valence-electron chi connectivity index (χ0n) is 8.27. The molecule has 0 bridgehead atoms. The van der Waals surface area contributed by atoms with Crippen LogP contribution in [0.4, 0.5) is 0 Å². The first-order chi connectivity index (χ1) is 6.70. The third-order valence-electron chi connectivity index (χ3n) is 2.00. The van der Waals surface area contributed by atoms with E-state index in [0.717, 1.165) is 6.42 Å². The van der Waals surface area contributed by atoms with Crippen molar-refractivity contribution >= 4 is 17.2 Å². The third kappa shape index (κ3) is 3.85. The van der Waals surface area contributed by atoms with Gasteiger partial charge in [0.15, 0.2) is 0 Å². The topological polar surface area (TPSA) is 35.2 Å². The van der Waals surface area contributed by atoms with Gasteiger partial charge in [-0.3, -0.25) is 0 Å². The van der Waals surface area contributed by atoms with Crippen LogP contribution in [0.3, 0.4) is 0 Å². The molecule has 3 heteroatoms. The Morgan fingerprint density at radius 1 is 1.43 bits per heavy atom. The zero-order chi connectivity index (χ0) is 10.4. The molecule has 0 fully saturated rings. The smallest absolute Gasteiger partial charge is 0.104 e. The molecule has 1 aromatic rings. The summed E-state index contributed by atoms with van der Waals surface area (Å²) < 4.78 is 5.44. The van der Waals surface area contributed by atoms with E-state index in [2.05, 4.69) is 12.1 Å². The minimum atomic E-state index is -0.131. The lowest BCUT2D eigenvalue weighted by Gasteiger charge is -2.10. The highest BCUT2D eigenvalue weighted by Crippen LogP contribution is 2.01. The Morgan fingerprint density at radius 2 is 2.07 bits per heavy atom. The summed E-state index contributed by atoms with van der Waals surface area (Å²) in [5.41, 5.74) is 6.69. The number of hydrogen-bond donors (Lipinski definition) is 1. The third-order valence-corrected chi connectivity index (χ3v) is 2.33. The van der Waals surface area contributed by atoms with Gasteiger partial charge in [-0.2, -0.15) is 0 Å². The number of thiocarbonyl (C=S) groups is 1. The van der Waals surface area contributed by atoms with E-state index in [9.17, 15) is 0 Å². The van der Waals surface area contributed by atoms with Gasteiger partial charge in [-0.15, -0.1) is 0 Å². The van der Waals surface area contributed by atoms with Gasteiger partial charge >= 0.3 is 0 Å². The number of benzene rings is 1. The molecular weight excluding hydrogens is 194 g/mol. The Bertz CT molecular complexity index is 287. The molecule has 2 N–H and O–H groups in total. The van der Waals surface area contributed by atoms with Crippen molar-refractivity contribution in [2.24, 2.45) is 5.73 Å². The first-order valence-corrected chi connectivity index (χ1v) is 5.06. The highest BCUT2D eigenvalue weighted by molar-refractivity contribution is 7.80. The van der Waals surface area contributed by atoms with Crippen LogP contribution in [0.1, 0.15) is 12.5 Å². The second-order valence-electron chi connectivity index (χ2n) is 3.15. The first-order valence-electron chi connectivity index (χ1n) is 4.65. The van der Waals surface area contributed by atoms with Gasteiger partial charge in [0.1, 0.15) is 11.1 Å². The minimum Gasteiger partial charge on any atom is -0.391 e. The molecule has 1 rings (SSSR count). The van der Waals surface area contributed by atoms with Crippen LogP contribution in [0.2, 0.25) is 0 Å². The summed E-state index contributed by atoms with van der Waals surface area (Å²) in [5.74, 6) is 0. The maximum atomic E-state index is 5.44. The molecule has 0 spiro atoms. The second kappa shape index (κ2) is 5.73. The van der Waals surface area contributed by atoms with E-state index in [1.54, 1.807) is 0 Å². The average molecular weight is 209 g/mol. The van der Waals surface area contributed by atoms with Crippen molar-refractivity contribution in [1.29, 1.82) is 0 Å². The van der Waals surface area contributed by atoms with Gasteiger partial charge in [-0.05, 0) is 18.9 Å². The van der Waals surface area contributed by atoms with Gasteiger partial charge in [-0.1, -0.05) is 42.5 Å². The van der Waals surface area contributed by atoms with E-state index in [1.165, 1.54) is 5.56 Å². The van der Waals surface area contributed by atoms with Crippen molar-refractivity contribution in [3.05, 3.63) is 35.9 Å². The highest BCUT2D eigenvalue weighted by atomic mass is 32.1. The molecule has 0 saturated heterocycles. The molecule has 0 saturated carbocycles. The van der Waals surface area contributed by atoms with Crippen LogP contribution in [0.15, 0.2) is 30.3 Å². The largest absolute Gasteiger partial charge is 0.391 e. The lowest BCUT2D eigenvalue weighted by molar-refractivity contribution is 0.113. The number of hydrogen-bond acceptors (Lipinski definition) is 2. The van der Waals surface area contributed by atoms with Crippen molar-refractivity contribution in [1.82, 2.24) is 0 Å². The summed E-state index contributed by atoms with van der Waals surface area (Å²) in [6.45, 7) is 2.52. The van der Waals surface area contributed by atoms with Crippen LogP contribution in [0, 0.1) is 0 Å². The summed E-state index contributed by atoms with van der Waals surface area (Å²) in [6.07, 6.45) is 0.766. The fraction of sp³-hybridized carbons (Fsp3) is 0.364. The van der Waals surface area contributed by atoms with Crippen molar-refractivity contribution in [2.45, 2.75) is 19.4 Å². The van der Waals surface area contributed by atoms with Crippen LogP contribution >= 0.6 is 12.2 Å². The van der Waals surface area contributed by atoms with Gasteiger partial charge in [0.25, 0.3) is 0 Å². The van der Waals surface area contributed by atoms with Crippen molar-refractivity contribution in [3.63, 3.8) is 0 Å². The molecule has 1 unspecified atom stereocenters. The Hall–Kier alpha value is -0.930. The number of ether oxygens (including phenoxy) is 1. The van der Waals surface area contributed by atoms with Crippen LogP contribution < -0.4 is 5.73 Å². The first kappa shape index (κ1) is 11.1. The van der Waals surface area contributed by atoms with Crippen LogP contribution in [0.25, 0.3) is 0 Å². The number of rotatable bonds is 5. The Balaban J connectivity index is 2.26. The van der Waals surface area contributed by atoms with Gasteiger partial charge < -0.3 is 10.5 Å². The molecule has 0 aliphatic carbocycles. The standard InChI is InChI=1S/C11H15NOS/c1-9(11(12)14)13-8-7-10-5-3-2-4-6-10/h2-6,9H,7-8H2,1H3,(H2,12,14).